The summed E-state index contributed by atoms with van der Waals surface area (Å²) in [4.78, 5) is 25.8. The molecule has 3 heterocycles. The monoisotopic (exact) mass is 339 g/mol. The van der Waals surface area contributed by atoms with Crippen molar-refractivity contribution >= 4 is 28.9 Å². The zero-order chi connectivity index (χ0) is 15.5. The molecule has 6 nitrogen and oxygen atoms in total. The quantitative estimate of drug-likeness (QED) is 0.644. The van der Waals surface area contributed by atoms with Gasteiger partial charge in [0.05, 0.1) is 23.3 Å². The normalized spacial score (nSPS) is 18.0. The van der Waals surface area contributed by atoms with Crippen LogP contribution in [0.4, 0.5) is 0 Å². The maximum Gasteiger partial charge on any atom is 0.344 e. The molecule has 1 aliphatic rings. The molecule has 0 bridgehead atoms. The van der Waals surface area contributed by atoms with Gasteiger partial charge in [-0.25, -0.2) is 9.89 Å². The average Bonchev–Trinajstić information content (AvgIpc) is 3.22. The molecule has 1 aliphatic heterocycles. The van der Waals surface area contributed by atoms with Crippen molar-refractivity contribution in [2.75, 3.05) is 12.4 Å². The van der Waals surface area contributed by atoms with E-state index < -0.39 is 0 Å². The maximum atomic E-state index is 12.1. The third-order valence-corrected chi connectivity index (χ3v) is 5.50. The first-order valence-corrected chi connectivity index (χ1v) is 8.93. The maximum absolute atomic E-state index is 12.1. The summed E-state index contributed by atoms with van der Waals surface area (Å²) in [5.41, 5.74) is -0.252. The number of nitrogens with zero attached hydrogens (tertiary/aromatic N) is 2. The highest BCUT2D eigenvalue weighted by Gasteiger charge is 2.20. The smallest absolute Gasteiger partial charge is 0.344 e. The Bertz CT molecular complexity index is 713. The molecule has 0 aliphatic carbocycles. The molecule has 22 heavy (non-hydrogen) atoms. The zero-order valence-electron chi connectivity index (χ0n) is 12.2. The van der Waals surface area contributed by atoms with Crippen LogP contribution in [-0.4, -0.2) is 39.0 Å². The Hall–Kier alpha value is -1.38. The largest absolute Gasteiger partial charge is 0.376 e. The van der Waals surface area contributed by atoms with Crippen molar-refractivity contribution in [2.45, 2.75) is 37.6 Å². The topological polar surface area (TPSA) is 77.0 Å². The number of hydrogen-bond acceptors (Lipinski definition) is 6. The minimum Gasteiger partial charge on any atom is -0.376 e. The Labute approximate surface area is 135 Å². The fourth-order valence-electron chi connectivity index (χ4n) is 2.35. The molecule has 2 aromatic rings. The summed E-state index contributed by atoms with van der Waals surface area (Å²) in [5.74, 6) is 0.331. The molecule has 1 unspecified atom stereocenters. The number of ketones is 1. The van der Waals surface area contributed by atoms with E-state index in [1.807, 2.05) is 19.1 Å². The lowest BCUT2D eigenvalue weighted by Crippen LogP contribution is -2.25. The number of aromatic nitrogens is 3. The number of nitrogens with one attached hydrogen (secondary N) is 1. The van der Waals surface area contributed by atoms with Gasteiger partial charge >= 0.3 is 5.69 Å². The lowest BCUT2D eigenvalue weighted by Gasteiger charge is -2.10. The first-order valence-electron chi connectivity index (χ1n) is 7.13. The number of aromatic amines is 1. The molecule has 0 saturated carbocycles. The number of carbonyl (C=O) groups excluding carboxylic acids is 1. The third kappa shape index (κ3) is 3.50. The second-order valence-electron chi connectivity index (χ2n) is 5.18. The van der Waals surface area contributed by atoms with Gasteiger partial charge in [0.1, 0.15) is 0 Å². The molecule has 2 aromatic heterocycles. The molecule has 1 saturated heterocycles. The summed E-state index contributed by atoms with van der Waals surface area (Å²) in [5, 5.41) is 7.01. The highest BCUT2D eigenvalue weighted by atomic mass is 32.2. The number of thioether (sulfide) groups is 1. The molecule has 8 heteroatoms. The Morgan fingerprint density at radius 3 is 3.14 bits per heavy atom. The number of ether oxygens (including phenoxy) is 1. The van der Waals surface area contributed by atoms with Crippen LogP contribution in [-0.2, 0) is 11.3 Å². The molecule has 0 amide bonds. The number of carbonyl (C=O) groups is 1. The standard InChI is InChI=1S/C14H17N3O3S2/c1-9-4-5-12(22-9)11(18)8-21-14-16-15-13(19)17(14)7-10-3-2-6-20-10/h4-5,10H,2-3,6-8H2,1H3,(H,15,19). The highest BCUT2D eigenvalue weighted by molar-refractivity contribution is 7.99. The van der Waals surface area contributed by atoms with Crippen molar-refractivity contribution in [2.24, 2.45) is 0 Å². The molecular formula is C14H17N3O3S2. The molecular weight excluding hydrogens is 322 g/mol. The van der Waals surface area contributed by atoms with E-state index in [1.165, 1.54) is 23.1 Å². The zero-order valence-corrected chi connectivity index (χ0v) is 13.8. The van der Waals surface area contributed by atoms with Crippen LogP contribution in [0, 0.1) is 6.92 Å². The lowest BCUT2D eigenvalue weighted by molar-refractivity contribution is 0.0941. The number of H-pyrrole nitrogens is 1. The van der Waals surface area contributed by atoms with E-state index >= 15 is 0 Å². The van der Waals surface area contributed by atoms with Gasteiger partial charge in [0.2, 0.25) is 0 Å². The van der Waals surface area contributed by atoms with Crippen LogP contribution >= 0.6 is 23.1 Å². The van der Waals surface area contributed by atoms with Gasteiger partial charge in [-0.1, -0.05) is 11.8 Å². The van der Waals surface area contributed by atoms with Crippen LogP contribution in [0.25, 0.3) is 0 Å². The minimum absolute atomic E-state index is 0.0576. The molecule has 118 valence electrons. The fraction of sp³-hybridized carbons (Fsp3) is 0.500. The Morgan fingerprint density at radius 2 is 2.45 bits per heavy atom. The summed E-state index contributed by atoms with van der Waals surface area (Å²) < 4.78 is 7.12. The molecule has 0 spiro atoms. The first kappa shape index (κ1) is 15.5. The molecule has 0 radical (unpaired) electrons. The van der Waals surface area contributed by atoms with E-state index in [9.17, 15) is 9.59 Å². The second kappa shape index (κ2) is 6.80. The predicted octanol–water partition coefficient (Wildman–Crippen LogP) is 2.10. The predicted molar refractivity (Wildman–Crippen MR) is 85.9 cm³/mol. The van der Waals surface area contributed by atoms with Gasteiger partial charge in [-0.2, -0.15) is 0 Å². The van der Waals surface area contributed by atoms with E-state index in [0.717, 1.165) is 29.2 Å². The van der Waals surface area contributed by atoms with Crippen molar-refractivity contribution in [3.8, 4) is 0 Å². The van der Waals surface area contributed by atoms with Gasteiger partial charge < -0.3 is 4.74 Å². The van der Waals surface area contributed by atoms with Crippen molar-refractivity contribution in [1.29, 1.82) is 0 Å². The van der Waals surface area contributed by atoms with Crippen LogP contribution in [0.3, 0.4) is 0 Å². The van der Waals surface area contributed by atoms with Crippen LogP contribution in [0.5, 0.6) is 0 Å². The van der Waals surface area contributed by atoms with Gasteiger partial charge in [0.25, 0.3) is 0 Å². The molecule has 3 rings (SSSR count). The summed E-state index contributed by atoms with van der Waals surface area (Å²) in [6.07, 6.45) is 2.04. The van der Waals surface area contributed by atoms with Gasteiger partial charge in [0.15, 0.2) is 10.9 Å². The Morgan fingerprint density at radius 1 is 1.59 bits per heavy atom. The van der Waals surface area contributed by atoms with Crippen molar-refractivity contribution in [3.63, 3.8) is 0 Å². The number of rotatable bonds is 6. The average molecular weight is 339 g/mol. The van der Waals surface area contributed by atoms with Crippen LogP contribution in [0.15, 0.2) is 22.1 Å². The summed E-state index contributed by atoms with van der Waals surface area (Å²) >= 11 is 2.77. The van der Waals surface area contributed by atoms with Crippen molar-refractivity contribution < 1.29 is 9.53 Å². The van der Waals surface area contributed by atoms with E-state index in [2.05, 4.69) is 10.2 Å². The third-order valence-electron chi connectivity index (χ3n) is 3.48. The van der Waals surface area contributed by atoms with Crippen molar-refractivity contribution in [3.05, 3.63) is 32.4 Å². The number of thiophene rings is 1. The van der Waals surface area contributed by atoms with Crippen LogP contribution in [0.1, 0.15) is 27.4 Å². The summed E-state index contributed by atoms with van der Waals surface area (Å²) in [6.45, 7) is 3.21. The minimum atomic E-state index is -0.252. The van der Waals surface area contributed by atoms with Crippen LogP contribution in [0.2, 0.25) is 0 Å². The number of aryl methyl sites for hydroxylation is 1. The van der Waals surface area contributed by atoms with E-state index in [1.54, 1.807) is 4.57 Å². The SMILES string of the molecule is Cc1ccc(C(=O)CSc2n[nH]c(=O)n2CC2CCCO2)s1. The summed E-state index contributed by atoms with van der Waals surface area (Å²) in [7, 11) is 0. The summed E-state index contributed by atoms with van der Waals surface area (Å²) in [6, 6.07) is 3.78. The van der Waals surface area contributed by atoms with Crippen molar-refractivity contribution in [1.82, 2.24) is 14.8 Å². The molecule has 1 fully saturated rings. The molecule has 1 atom stereocenters. The first-order chi connectivity index (χ1) is 10.6. The van der Waals surface area contributed by atoms with Gasteiger partial charge in [-0.15, -0.1) is 16.4 Å². The van der Waals surface area contributed by atoms with E-state index in [0.29, 0.717) is 11.7 Å². The number of Topliss-reactive ketones (excluding diaryl/α,β-unsaturated/α-hetero) is 1. The molecule has 0 aromatic carbocycles. The van der Waals surface area contributed by atoms with E-state index in [4.69, 9.17) is 4.74 Å². The van der Waals surface area contributed by atoms with E-state index in [-0.39, 0.29) is 23.3 Å². The fourth-order valence-corrected chi connectivity index (χ4v) is 4.09. The highest BCUT2D eigenvalue weighted by Crippen LogP contribution is 2.21. The van der Waals surface area contributed by atoms with Gasteiger partial charge in [0, 0.05) is 11.5 Å². The lowest BCUT2D eigenvalue weighted by atomic mass is 10.2. The van der Waals surface area contributed by atoms with Gasteiger partial charge in [-0.05, 0) is 31.9 Å². The number of hydrogen-bond donors (Lipinski definition) is 1. The van der Waals surface area contributed by atoms with Crippen LogP contribution < -0.4 is 5.69 Å². The Balaban J connectivity index is 1.65. The second-order valence-corrected chi connectivity index (χ2v) is 7.41. The van der Waals surface area contributed by atoms with Gasteiger partial charge in [-0.3, -0.25) is 9.36 Å². The molecule has 1 N–H and O–H groups in total. The Kier molecular flexibility index (Phi) is 4.80.